The number of piperidine rings is 1. The lowest BCUT2D eigenvalue weighted by Gasteiger charge is -2.31. The van der Waals surface area contributed by atoms with E-state index in [1.807, 2.05) is 0 Å². The fraction of sp³-hybridized carbons (Fsp3) is 0.625. The maximum Gasteiger partial charge on any atom is 0.240 e. The Labute approximate surface area is 136 Å². The van der Waals surface area contributed by atoms with E-state index < -0.39 is 0 Å². The second-order valence-corrected chi connectivity index (χ2v) is 6.30. The topological polar surface area (TPSA) is 77.2 Å². The lowest BCUT2D eigenvalue weighted by atomic mass is 9.99. The molecule has 0 spiro atoms. The van der Waals surface area contributed by atoms with Gasteiger partial charge in [0.15, 0.2) is 5.82 Å². The molecule has 0 aliphatic carbocycles. The number of hydrogen-bond acceptors (Lipinski definition) is 7. The molecule has 0 N–H and O–H groups in total. The first-order valence-electron chi connectivity index (χ1n) is 8.14. The highest BCUT2D eigenvalue weighted by molar-refractivity contribution is 5.01. The van der Waals surface area contributed by atoms with Gasteiger partial charge in [-0.3, -0.25) is 9.88 Å². The summed E-state index contributed by atoms with van der Waals surface area (Å²) in [6, 6.07) is 0. The SMILES string of the molecule is CC(C)c1noc(CN2CCCC(COc3cnccn3)C2)n1. The molecule has 0 amide bonds. The lowest BCUT2D eigenvalue weighted by Crippen LogP contribution is -2.37. The van der Waals surface area contributed by atoms with Gasteiger partial charge in [-0.25, -0.2) is 4.98 Å². The van der Waals surface area contributed by atoms with Crippen molar-refractivity contribution in [2.24, 2.45) is 5.92 Å². The van der Waals surface area contributed by atoms with E-state index in [2.05, 4.69) is 38.9 Å². The first-order valence-corrected chi connectivity index (χ1v) is 8.14. The van der Waals surface area contributed by atoms with Crippen LogP contribution in [0.5, 0.6) is 5.88 Å². The van der Waals surface area contributed by atoms with E-state index in [1.54, 1.807) is 18.6 Å². The summed E-state index contributed by atoms with van der Waals surface area (Å²) < 4.78 is 11.1. The van der Waals surface area contributed by atoms with Gasteiger partial charge in [-0.1, -0.05) is 19.0 Å². The summed E-state index contributed by atoms with van der Waals surface area (Å²) in [5.74, 6) is 2.84. The summed E-state index contributed by atoms with van der Waals surface area (Å²) in [5, 5.41) is 4.02. The molecule has 7 nitrogen and oxygen atoms in total. The molecule has 1 aliphatic heterocycles. The van der Waals surface area contributed by atoms with Crippen LogP contribution in [0.3, 0.4) is 0 Å². The van der Waals surface area contributed by atoms with E-state index in [9.17, 15) is 0 Å². The number of ether oxygens (including phenoxy) is 1. The first kappa shape index (κ1) is 15.9. The van der Waals surface area contributed by atoms with E-state index >= 15 is 0 Å². The van der Waals surface area contributed by atoms with Crippen molar-refractivity contribution in [2.75, 3.05) is 19.7 Å². The molecule has 3 rings (SSSR count). The summed E-state index contributed by atoms with van der Waals surface area (Å²) in [7, 11) is 0. The lowest BCUT2D eigenvalue weighted by molar-refractivity contribution is 0.113. The maximum absolute atomic E-state index is 5.73. The molecule has 0 bridgehead atoms. The molecule has 7 heteroatoms. The van der Waals surface area contributed by atoms with Crippen molar-refractivity contribution in [3.63, 3.8) is 0 Å². The van der Waals surface area contributed by atoms with E-state index in [0.29, 0.717) is 36.8 Å². The van der Waals surface area contributed by atoms with Gasteiger partial charge in [0, 0.05) is 30.8 Å². The van der Waals surface area contributed by atoms with Gasteiger partial charge in [-0.15, -0.1) is 0 Å². The molecular weight excluding hydrogens is 294 g/mol. The van der Waals surface area contributed by atoms with E-state index in [4.69, 9.17) is 9.26 Å². The van der Waals surface area contributed by atoms with Gasteiger partial charge in [0.2, 0.25) is 11.8 Å². The molecular formula is C16H23N5O2. The Balaban J connectivity index is 1.49. The van der Waals surface area contributed by atoms with Crippen LogP contribution < -0.4 is 4.74 Å². The van der Waals surface area contributed by atoms with Gasteiger partial charge < -0.3 is 9.26 Å². The Hall–Kier alpha value is -2.02. The standard InChI is InChI=1S/C16H23N5O2/c1-12(2)16-19-15(23-20-16)10-21-7-3-4-13(9-21)11-22-14-8-17-5-6-18-14/h5-6,8,12-13H,3-4,7,9-11H2,1-2H3. The van der Waals surface area contributed by atoms with Crippen molar-refractivity contribution in [2.45, 2.75) is 39.2 Å². The number of aromatic nitrogens is 4. The molecule has 1 fully saturated rings. The molecule has 23 heavy (non-hydrogen) atoms. The average Bonchev–Trinajstić information content (AvgIpc) is 3.03. The van der Waals surface area contributed by atoms with Crippen LogP contribution >= 0.6 is 0 Å². The molecule has 1 unspecified atom stereocenters. The molecule has 124 valence electrons. The third-order valence-corrected chi connectivity index (χ3v) is 3.97. The normalized spacial score (nSPS) is 19.2. The summed E-state index contributed by atoms with van der Waals surface area (Å²) in [4.78, 5) is 15.0. The minimum Gasteiger partial charge on any atom is -0.476 e. The molecule has 1 aliphatic rings. The van der Waals surface area contributed by atoms with E-state index in [1.165, 1.54) is 0 Å². The highest BCUT2D eigenvalue weighted by Gasteiger charge is 2.22. The van der Waals surface area contributed by atoms with Crippen LogP contribution in [0.4, 0.5) is 0 Å². The van der Waals surface area contributed by atoms with Crippen molar-refractivity contribution in [3.8, 4) is 5.88 Å². The molecule has 1 saturated heterocycles. The zero-order valence-electron chi connectivity index (χ0n) is 13.7. The van der Waals surface area contributed by atoms with Crippen LogP contribution in [0.1, 0.15) is 44.3 Å². The third-order valence-electron chi connectivity index (χ3n) is 3.97. The smallest absolute Gasteiger partial charge is 0.240 e. The largest absolute Gasteiger partial charge is 0.476 e. The van der Waals surface area contributed by atoms with Crippen LogP contribution in [0.25, 0.3) is 0 Å². The molecule has 0 saturated carbocycles. The summed E-state index contributed by atoms with van der Waals surface area (Å²) in [6.07, 6.45) is 7.25. The van der Waals surface area contributed by atoms with E-state index in [-0.39, 0.29) is 0 Å². The number of likely N-dealkylation sites (tertiary alicyclic amines) is 1. The van der Waals surface area contributed by atoms with Crippen molar-refractivity contribution in [3.05, 3.63) is 30.3 Å². The number of rotatable bonds is 6. The van der Waals surface area contributed by atoms with Crippen LogP contribution in [0, 0.1) is 5.92 Å². The quantitative estimate of drug-likeness (QED) is 0.808. The third kappa shape index (κ3) is 4.48. The zero-order chi connectivity index (χ0) is 16.1. The second-order valence-electron chi connectivity index (χ2n) is 6.30. The number of hydrogen-bond donors (Lipinski definition) is 0. The van der Waals surface area contributed by atoms with Gasteiger partial charge in [0.05, 0.1) is 19.3 Å². The van der Waals surface area contributed by atoms with E-state index in [0.717, 1.165) is 31.8 Å². The molecule has 0 radical (unpaired) electrons. The highest BCUT2D eigenvalue weighted by Crippen LogP contribution is 2.20. The maximum atomic E-state index is 5.73. The molecule has 2 aromatic heterocycles. The zero-order valence-corrected chi connectivity index (χ0v) is 13.7. The van der Waals surface area contributed by atoms with Crippen molar-refractivity contribution in [1.82, 2.24) is 25.0 Å². The van der Waals surface area contributed by atoms with Crippen LogP contribution in [-0.4, -0.2) is 44.7 Å². The summed E-state index contributed by atoms with van der Waals surface area (Å²) in [6.45, 7) is 7.53. The number of nitrogens with zero attached hydrogens (tertiary/aromatic N) is 5. The van der Waals surface area contributed by atoms with Crippen LogP contribution in [-0.2, 0) is 6.54 Å². The molecule has 0 aromatic carbocycles. The van der Waals surface area contributed by atoms with Crippen molar-refractivity contribution >= 4 is 0 Å². The Morgan fingerprint density at radius 2 is 2.30 bits per heavy atom. The van der Waals surface area contributed by atoms with Crippen molar-refractivity contribution in [1.29, 1.82) is 0 Å². The Kier molecular flexibility index (Phi) is 5.17. The second kappa shape index (κ2) is 7.50. The Bertz CT molecular complexity index is 602. The predicted molar refractivity (Wildman–Crippen MR) is 83.9 cm³/mol. The fourth-order valence-corrected chi connectivity index (χ4v) is 2.75. The minimum absolute atomic E-state index is 0.294. The average molecular weight is 317 g/mol. The first-order chi connectivity index (χ1) is 11.2. The predicted octanol–water partition coefficient (Wildman–Crippen LogP) is 2.27. The van der Waals surface area contributed by atoms with Crippen molar-refractivity contribution < 1.29 is 9.26 Å². The van der Waals surface area contributed by atoms with Crippen LogP contribution in [0.15, 0.2) is 23.1 Å². The highest BCUT2D eigenvalue weighted by atomic mass is 16.5. The fourth-order valence-electron chi connectivity index (χ4n) is 2.75. The monoisotopic (exact) mass is 317 g/mol. The minimum atomic E-state index is 0.294. The molecule has 2 aromatic rings. The van der Waals surface area contributed by atoms with Gasteiger partial charge in [-0.2, -0.15) is 4.98 Å². The summed E-state index contributed by atoms with van der Waals surface area (Å²) in [5.41, 5.74) is 0. The summed E-state index contributed by atoms with van der Waals surface area (Å²) >= 11 is 0. The molecule has 3 heterocycles. The van der Waals surface area contributed by atoms with Crippen LogP contribution in [0.2, 0.25) is 0 Å². The van der Waals surface area contributed by atoms with Gasteiger partial charge in [0.1, 0.15) is 0 Å². The van der Waals surface area contributed by atoms with Gasteiger partial charge in [-0.05, 0) is 19.4 Å². The Morgan fingerprint density at radius 3 is 3.04 bits per heavy atom. The Morgan fingerprint density at radius 1 is 1.39 bits per heavy atom. The van der Waals surface area contributed by atoms with Gasteiger partial charge >= 0.3 is 0 Å². The van der Waals surface area contributed by atoms with Gasteiger partial charge in [0.25, 0.3) is 0 Å². The molecule has 1 atom stereocenters.